The van der Waals surface area contributed by atoms with Gasteiger partial charge in [-0.05, 0) is 12.3 Å². The smallest absolute Gasteiger partial charge is 0.222 e. The molecule has 1 saturated heterocycles. The number of amides is 1. The van der Waals surface area contributed by atoms with Gasteiger partial charge in [0.2, 0.25) is 5.91 Å². The lowest BCUT2D eigenvalue weighted by molar-refractivity contribution is -0.125. The topological polar surface area (TPSA) is 61.8 Å². The Balaban J connectivity index is 1.60. The molecule has 0 aromatic heterocycles. The Hall–Kier alpha value is -0.650. The van der Waals surface area contributed by atoms with Crippen molar-refractivity contribution in [2.24, 2.45) is 11.8 Å². The van der Waals surface area contributed by atoms with Gasteiger partial charge in [0.15, 0.2) is 0 Å². The van der Waals surface area contributed by atoms with Crippen LogP contribution in [-0.4, -0.2) is 61.4 Å². The molecule has 0 bridgehead atoms. The molecule has 2 N–H and O–H groups in total. The van der Waals surface area contributed by atoms with Crippen molar-refractivity contribution in [1.82, 2.24) is 10.2 Å². The molecule has 0 radical (unpaired) electrons. The third-order valence-corrected chi connectivity index (χ3v) is 4.69. The zero-order valence-electron chi connectivity index (χ0n) is 13.2. The van der Waals surface area contributed by atoms with Gasteiger partial charge in [0.1, 0.15) is 0 Å². The summed E-state index contributed by atoms with van der Waals surface area (Å²) in [5, 5.41) is 12.9. The van der Waals surface area contributed by atoms with Crippen LogP contribution in [0.3, 0.4) is 0 Å². The van der Waals surface area contributed by atoms with Crippen LogP contribution in [0.15, 0.2) is 0 Å². The Morgan fingerprint density at radius 2 is 2.00 bits per heavy atom. The zero-order chi connectivity index (χ0) is 15.1. The molecular weight excluding hydrogens is 268 g/mol. The fourth-order valence-corrected chi connectivity index (χ4v) is 3.39. The molecule has 2 aliphatic rings. The first kappa shape index (κ1) is 16.7. The quantitative estimate of drug-likeness (QED) is 0.736. The molecule has 1 aliphatic carbocycles. The van der Waals surface area contributed by atoms with Crippen LogP contribution in [0.5, 0.6) is 0 Å². The first-order chi connectivity index (χ1) is 10.1. The van der Waals surface area contributed by atoms with Crippen LogP contribution in [-0.2, 0) is 9.53 Å². The van der Waals surface area contributed by atoms with Crippen molar-refractivity contribution in [3.63, 3.8) is 0 Å². The third kappa shape index (κ3) is 5.93. The molecule has 1 heterocycles. The molecule has 2 fully saturated rings. The van der Waals surface area contributed by atoms with E-state index in [4.69, 9.17) is 4.74 Å². The highest BCUT2D eigenvalue weighted by atomic mass is 16.5. The highest BCUT2D eigenvalue weighted by molar-refractivity contribution is 5.78. The van der Waals surface area contributed by atoms with Crippen molar-refractivity contribution in [3.05, 3.63) is 0 Å². The van der Waals surface area contributed by atoms with E-state index < -0.39 is 6.10 Å². The maximum atomic E-state index is 12.1. The van der Waals surface area contributed by atoms with Crippen LogP contribution in [0.25, 0.3) is 0 Å². The molecule has 1 amide bonds. The lowest BCUT2D eigenvalue weighted by Crippen LogP contribution is -2.45. The normalized spacial score (nSPS) is 23.9. The van der Waals surface area contributed by atoms with Gasteiger partial charge >= 0.3 is 0 Å². The summed E-state index contributed by atoms with van der Waals surface area (Å²) < 4.78 is 5.28. The van der Waals surface area contributed by atoms with E-state index in [1.807, 2.05) is 6.92 Å². The van der Waals surface area contributed by atoms with Crippen molar-refractivity contribution < 1.29 is 14.6 Å². The average molecular weight is 298 g/mol. The number of aliphatic hydroxyl groups excluding tert-OH is 1. The molecule has 5 nitrogen and oxygen atoms in total. The predicted molar refractivity (Wildman–Crippen MR) is 82.0 cm³/mol. The van der Waals surface area contributed by atoms with E-state index in [0.717, 1.165) is 38.6 Å². The number of carbonyl (C=O) groups is 1. The Bertz CT molecular complexity index is 313. The van der Waals surface area contributed by atoms with E-state index in [9.17, 15) is 9.90 Å². The van der Waals surface area contributed by atoms with E-state index in [1.165, 1.54) is 25.7 Å². The summed E-state index contributed by atoms with van der Waals surface area (Å²) in [6.07, 6.45) is 5.68. The van der Waals surface area contributed by atoms with Gasteiger partial charge in [-0.3, -0.25) is 9.69 Å². The van der Waals surface area contributed by atoms with E-state index in [1.54, 1.807) is 0 Å². The van der Waals surface area contributed by atoms with Crippen molar-refractivity contribution >= 4 is 5.91 Å². The van der Waals surface area contributed by atoms with Crippen LogP contribution >= 0.6 is 0 Å². The minimum absolute atomic E-state index is 0.0590. The minimum Gasteiger partial charge on any atom is -0.390 e. The molecule has 21 heavy (non-hydrogen) atoms. The second-order valence-electron chi connectivity index (χ2n) is 6.60. The van der Waals surface area contributed by atoms with Crippen LogP contribution in [0, 0.1) is 11.8 Å². The van der Waals surface area contributed by atoms with E-state index in [0.29, 0.717) is 13.1 Å². The Morgan fingerprint density at radius 3 is 2.67 bits per heavy atom. The highest BCUT2D eigenvalue weighted by Crippen LogP contribution is 2.30. The van der Waals surface area contributed by atoms with Crippen LogP contribution in [0.2, 0.25) is 0 Å². The molecule has 122 valence electrons. The standard InChI is InChI=1S/C16H30N2O3/c1-13(10-14-4-2-3-5-14)16(20)17-11-15(19)12-18-6-8-21-9-7-18/h13-15,19H,2-12H2,1H3,(H,17,20). The average Bonchev–Trinajstić information content (AvgIpc) is 2.98. The Labute approximate surface area is 128 Å². The van der Waals surface area contributed by atoms with Crippen LogP contribution in [0.4, 0.5) is 0 Å². The number of ether oxygens (including phenoxy) is 1. The number of β-amino-alcohol motifs (C(OH)–C–C–N with tert-alkyl or cyclic N) is 1. The Kier molecular flexibility index (Phi) is 6.93. The molecule has 0 aromatic rings. The third-order valence-electron chi connectivity index (χ3n) is 4.69. The maximum Gasteiger partial charge on any atom is 0.222 e. The zero-order valence-corrected chi connectivity index (χ0v) is 13.2. The molecule has 2 atom stereocenters. The minimum atomic E-state index is -0.495. The Morgan fingerprint density at radius 1 is 1.33 bits per heavy atom. The second kappa shape index (κ2) is 8.71. The van der Waals surface area contributed by atoms with Crippen molar-refractivity contribution in [2.45, 2.75) is 45.1 Å². The van der Waals surface area contributed by atoms with Gasteiger partial charge in [0, 0.05) is 32.1 Å². The van der Waals surface area contributed by atoms with E-state index in [2.05, 4.69) is 10.2 Å². The first-order valence-corrected chi connectivity index (χ1v) is 8.41. The molecule has 1 aliphatic heterocycles. The number of rotatable bonds is 7. The van der Waals surface area contributed by atoms with Gasteiger partial charge in [-0.15, -0.1) is 0 Å². The van der Waals surface area contributed by atoms with Gasteiger partial charge in [-0.2, -0.15) is 0 Å². The summed E-state index contributed by atoms with van der Waals surface area (Å²) in [6.45, 7) is 6.16. The molecular formula is C16H30N2O3. The number of nitrogens with one attached hydrogen (secondary N) is 1. The van der Waals surface area contributed by atoms with E-state index >= 15 is 0 Å². The molecule has 2 unspecified atom stereocenters. The number of morpholine rings is 1. The lowest BCUT2D eigenvalue weighted by Gasteiger charge is -2.28. The van der Waals surface area contributed by atoms with E-state index in [-0.39, 0.29) is 11.8 Å². The lowest BCUT2D eigenvalue weighted by atomic mass is 9.94. The van der Waals surface area contributed by atoms with Crippen LogP contribution in [0.1, 0.15) is 39.0 Å². The molecule has 1 saturated carbocycles. The van der Waals surface area contributed by atoms with Crippen molar-refractivity contribution in [2.75, 3.05) is 39.4 Å². The summed E-state index contributed by atoms with van der Waals surface area (Å²) in [4.78, 5) is 14.3. The number of nitrogens with zero attached hydrogens (tertiary/aromatic N) is 1. The monoisotopic (exact) mass is 298 g/mol. The second-order valence-corrected chi connectivity index (χ2v) is 6.60. The van der Waals surface area contributed by atoms with Gasteiger partial charge < -0.3 is 15.2 Å². The SMILES string of the molecule is CC(CC1CCCC1)C(=O)NCC(O)CN1CCOCC1. The van der Waals surface area contributed by atoms with Crippen molar-refractivity contribution in [3.8, 4) is 0 Å². The van der Waals surface area contributed by atoms with Gasteiger partial charge in [-0.25, -0.2) is 0 Å². The summed E-state index contributed by atoms with van der Waals surface area (Å²) in [7, 11) is 0. The van der Waals surface area contributed by atoms with Crippen molar-refractivity contribution in [1.29, 1.82) is 0 Å². The number of hydrogen-bond acceptors (Lipinski definition) is 4. The fraction of sp³-hybridized carbons (Fsp3) is 0.938. The van der Waals surface area contributed by atoms with Gasteiger partial charge in [0.25, 0.3) is 0 Å². The number of carbonyl (C=O) groups excluding carboxylic acids is 1. The highest BCUT2D eigenvalue weighted by Gasteiger charge is 2.22. The summed E-state index contributed by atoms with van der Waals surface area (Å²) in [6, 6.07) is 0. The number of hydrogen-bond donors (Lipinski definition) is 2. The largest absolute Gasteiger partial charge is 0.390 e. The summed E-state index contributed by atoms with van der Waals surface area (Å²) in [5.74, 6) is 0.871. The summed E-state index contributed by atoms with van der Waals surface area (Å²) in [5.41, 5.74) is 0. The molecule has 5 heteroatoms. The van der Waals surface area contributed by atoms with Gasteiger partial charge in [0.05, 0.1) is 19.3 Å². The molecule has 0 aromatic carbocycles. The maximum absolute atomic E-state index is 12.1. The predicted octanol–water partition coefficient (Wildman–Crippen LogP) is 1.01. The molecule has 2 rings (SSSR count). The van der Waals surface area contributed by atoms with Gasteiger partial charge in [-0.1, -0.05) is 32.6 Å². The van der Waals surface area contributed by atoms with Crippen LogP contribution < -0.4 is 5.32 Å². The summed E-state index contributed by atoms with van der Waals surface area (Å²) >= 11 is 0. The first-order valence-electron chi connectivity index (χ1n) is 8.41. The molecule has 0 spiro atoms. The fourth-order valence-electron chi connectivity index (χ4n) is 3.39. The number of aliphatic hydroxyl groups is 1.